The zero-order valence-corrected chi connectivity index (χ0v) is 11.9. The molecule has 2 rings (SSSR count). The van der Waals surface area contributed by atoms with E-state index in [0.717, 1.165) is 12.1 Å². The molecule has 21 heavy (non-hydrogen) atoms. The van der Waals surface area contributed by atoms with Gasteiger partial charge in [-0.05, 0) is 36.4 Å². The van der Waals surface area contributed by atoms with E-state index >= 15 is 0 Å². The molecule has 0 aliphatic heterocycles. The summed E-state index contributed by atoms with van der Waals surface area (Å²) in [6.45, 7) is 0. The van der Waals surface area contributed by atoms with Crippen LogP contribution in [0.3, 0.4) is 0 Å². The second-order valence-corrected chi connectivity index (χ2v) is 4.99. The zero-order valence-electron chi connectivity index (χ0n) is 10.3. The Morgan fingerprint density at radius 2 is 1.86 bits per heavy atom. The predicted molar refractivity (Wildman–Crippen MR) is 72.6 cm³/mol. The minimum Gasteiger partial charge on any atom is -0.478 e. The highest BCUT2D eigenvalue weighted by Gasteiger charge is 2.30. The highest BCUT2D eigenvalue weighted by atomic mass is 79.9. The molecule has 0 spiro atoms. The number of alkyl halides is 3. The van der Waals surface area contributed by atoms with Crippen molar-refractivity contribution in [2.75, 3.05) is 0 Å². The van der Waals surface area contributed by atoms with Crippen LogP contribution in [0.25, 0.3) is 0 Å². The molecule has 7 heteroatoms. The number of aromatic carboxylic acids is 1. The number of carboxylic acids is 1. The van der Waals surface area contributed by atoms with E-state index in [0.29, 0.717) is 4.47 Å². The minimum atomic E-state index is -4.49. The van der Waals surface area contributed by atoms with Gasteiger partial charge in [0, 0.05) is 4.47 Å². The second-order valence-electron chi connectivity index (χ2n) is 4.07. The van der Waals surface area contributed by atoms with E-state index in [9.17, 15) is 18.0 Å². The lowest BCUT2D eigenvalue weighted by atomic mass is 10.2. The summed E-state index contributed by atoms with van der Waals surface area (Å²) in [5.41, 5.74) is -1.01. The molecule has 3 nitrogen and oxygen atoms in total. The summed E-state index contributed by atoms with van der Waals surface area (Å²) in [6.07, 6.45) is -4.49. The van der Waals surface area contributed by atoms with Gasteiger partial charge in [-0.25, -0.2) is 4.79 Å². The van der Waals surface area contributed by atoms with Gasteiger partial charge in [-0.15, -0.1) is 0 Å². The fourth-order valence-corrected chi connectivity index (χ4v) is 1.96. The maximum atomic E-state index is 12.6. The molecular weight excluding hydrogens is 353 g/mol. The lowest BCUT2D eigenvalue weighted by Gasteiger charge is -2.11. The molecule has 1 N–H and O–H groups in total. The molecule has 0 bridgehead atoms. The average Bonchev–Trinajstić information content (AvgIpc) is 2.37. The highest BCUT2D eigenvalue weighted by molar-refractivity contribution is 9.10. The molecule has 0 aromatic heterocycles. The Morgan fingerprint density at radius 3 is 2.48 bits per heavy atom. The smallest absolute Gasteiger partial charge is 0.416 e. The molecular formula is C14H8BrF3O3. The third-order valence-corrected chi connectivity index (χ3v) is 3.06. The van der Waals surface area contributed by atoms with Crippen LogP contribution in [0.15, 0.2) is 46.9 Å². The summed E-state index contributed by atoms with van der Waals surface area (Å²) in [4.78, 5) is 11.1. The van der Waals surface area contributed by atoms with E-state index < -0.39 is 17.7 Å². The minimum absolute atomic E-state index is 0.0452. The third-order valence-electron chi connectivity index (χ3n) is 2.56. The van der Waals surface area contributed by atoms with Crippen LogP contribution in [0.4, 0.5) is 13.2 Å². The maximum Gasteiger partial charge on any atom is 0.416 e. The number of rotatable bonds is 3. The van der Waals surface area contributed by atoms with E-state index in [4.69, 9.17) is 9.84 Å². The first-order valence-electron chi connectivity index (χ1n) is 5.65. The first kappa shape index (κ1) is 15.4. The molecule has 0 radical (unpaired) electrons. The number of carboxylic acid groups (broad SMARTS) is 1. The predicted octanol–water partition coefficient (Wildman–Crippen LogP) is 4.96. The Morgan fingerprint density at radius 1 is 1.14 bits per heavy atom. The molecule has 0 fully saturated rings. The van der Waals surface area contributed by atoms with Crippen LogP contribution in [-0.2, 0) is 6.18 Å². The normalized spacial score (nSPS) is 11.2. The van der Waals surface area contributed by atoms with Crippen molar-refractivity contribution in [1.82, 2.24) is 0 Å². The fraction of sp³-hybridized carbons (Fsp3) is 0.0714. The van der Waals surface area contributed by atoms with E-state index in [-0.39, 0.29) is 17.1 Å². The largest absolute Gasteiger partial charge is 0.478 e. The first-order valence-corrected chi connectivity index (χ1v) is 6.44. The number of hydrogen-bond acceptors (Lipinski definition) is 2. The number of ether oxygens (including phenoxy) is 1. The topological polar surface area (TPSA) is 46.5 Å². The van der Waals surface area contributed by atoms with Crippen LogP contribution in [0, 0.1) is 0 Å². The van der Waals surface area contributed by atoms with Crippen molar-refractivity contribution in [3.63, 3.8) is 0 Å². The Hall–Kier alpha value is -2.02. The van der Waals surface area contributed by atoms with Gasteiger partial charge in [0.2, 0.25) is 0 Å². The van der Waals surface area contributed by atoms with Gasteiger partial charge in [-0.1, -0.05) is 22.0 Å². The van der Waals surface area contributed by atoms with Crippen molar-refractivity contribution in [2.24, 2.45) is 0 Å². The number of hydrogen-bond donors (Lipinski definition) is 1. The highest BCUT2D eigenvalue weighted by Crippen LogP contribution is 2.34. The van der Waals surface area contributed by atoms with Crippen LogP contribution in [0.1, 0.15) is 15.9 Å². The van der Waals surface area contributed by atoms with Crippen molar-refractivity contribution < 1.29 is 27.8 Å². The fourth-order valence-electron chi connectivity index (χ4n) is 1.62. The molecule has 0 saturated carbocycles. The van der Waals surface area contributed by atoms with Gasteiger partial charge in [-0.3, -0.25) is 0 Å². The summed E-state index contributed by atoms with van der Waals surface area (Å²) in [6, 6.07) is 8.41. The molecule has 2 aromatic carbocycles. The number of halogens is 4. The van der Waals surface area contributed by atoms with Gasteiger partial charge >= 0.3 is 12.1 Å². The summed E-state index contributed by atoms with van der Waals surface area (Å²) in [5, 5.41) is 9.04. The van der Waals surface area contributed by atoms with Gasteiger partial charge in [0.05, 0.1) is 5.56 Å². The van der Waals surface area contributed by atoms with Gasteiger partial charge < -0.3 is 9.84 Å². The van der Waals surface area contributed by atoms with E-state index in [1.54, 1.807) is 0 Å². The van der Waals surface area contributed by atoms with E-state index in [1.807, 2.05) is 0 Å². The molecule has 0 saturated heterocycles. The third kappa shape index (κ3) is 3.75. The molecule has 2 aromatic rings. The molecule has 0 aliphatic rings. The summed E-state index contributed by atoms with van der Waals surface area (Å²) in [7, 11) is 0. The van der Waals surface area contributed by atoms with Gasteiger partial charge in [0.25, 0.3) is 0 Å². The quantitative estimate of drug-likeness (QED) is 0.841. The second kappa shape index (κ2) is 5.77. The lowest BCUT2D eigenvalue weighted by Crippen LogP contribution is -2.05. The van der Waals surface area contributed by atoms with Crippen LogP contribution < -0.4 is 4.74 Å². The standard InChI is InChI=1S/C14H8BrF3O3/c15-9-4-5-11(13(19)20)12(7-9)21-10-3-1-2-8(6-10)14(16,17)18/h1-7H,(H,19,20). The van der Waals surface area contributed by atoms with Crippen LogP contribution in [0.2, 0.25) is 0 Å². The van der Waals surface area contributed by atoms with E-state index in [1.165, 1.54) is 30.3 Å². The first-order chi connectivity index (χ1) is 9.77. The van der Waals surface area contributed by atoms with Crippen LogP contribution in [0.5, 0.6) is 11.5 Å². The van der Waals surface area contributed by atoms with Crippen molar-refractivity contribution in [1.29, 1.82) is 0 Å². The van der Waals surface area contributed by atoms with Gasteiger partial charge in [0.1, 0.15) is 17.1 Å². The van der Waals surface area contributed by atoms with Crippen LogP contribution in [-0.4, -0.2) is 11.1 Å². The summed E-state index contributed by atoms with van der Waals surface area (Å²) in [5.74, 6) is -1.37. The monoisotopic (exact) mass is 360 g/mol. The Kier molecular flexibility index (Phi) is 4.22. The van der Waals surface area contributed by atoms with Gasteiger partial charge in [-0.2, -0.15) is 13.2 Å². The Labute approximate surface area is 126 Å². The molecule has 110 valence electrons. The summed E-state index contributed by atoms with van der Waals surface area (Å²) >= 11 is 3.15. The Balaban J connectivity index is 2.39. The van der Waals surface area contributed by atoms with Crippen molar-refractivity contribution in [2.45, 2.75) is 6.18 Å². The summed E-state index contributed by atoms with van der Waals surface area (Å²) < 4.78 is 43.7. The maximum absolute atomic E-state index is 12.6. The average molecular weight is 361 g/mol. The van der Waals surface area contributed by atoms with Crippen LogP contribution >= 0.6 is 15.9 Å². The SMILES string of the molecule is O=C(O)c1ccc(Br)cc1Oc1cccc(C(F)(F)F)c1. The van der Waals surface area contributed by atoms with Crippen molar-refractivity contribution in [3.8, 4) is 11.5 Å². The zero-order chi connectivity index (χ0) is 15.6. The molecule has 0 atom stereocenters. The molecule has 0 heterocycles. The van der Waals surface area contributed by atoms with Crippen molar-refractivity contribution in [3.05, 3.63) is 58.1 Å². The Bertz CT molecular complexity index is 683. The number of carbonyl (C=O) groups is 1. The van der Waals surface area contributed by atoms with Crippen molar-refractivity contribution >= 4 is 21.9 Å². The van der Waals surface area contributed by atoms with Gasteiger partial charge in [0.15, 0.2) is 0 Å². The van der Waals surface area contributed by atoms with E-state index in [2.05, 4.69) is 15.9 Å². The number of benzene rings is 2. The molecule has 0 amide bonds. The molecule has 0 aliphatic carbocycles. The molecule has 0 unspecified atom stereocenters. The lowest BCUT2D eigenvalue weighted by molar-refractivity contribution is -0.137.